The van der Waals surface area contributed by atoms with E-state index in [1.807, 2.05) is 0 Å². The first-order valence-electron chi connectivity index (χ1n) is 4.79. The molecule has 0 radical (unpaired) electrons. The van der Waals surface area contributed by atoms with E-state index < -0.39 is 0 Å². The second kappa shape index (κ2) is 4.90. The molecule has 0 spiro atoms. The first-order valence-corrected chi connectivity index (χ1v) is 6.49. The van der Waals surface area contributed by atoms with Crippen molar-refractivity contribution in [1.82, 2.24) is 4.98 Å². The van der Waals surface area contributed by atoms with E-state index in [-0.39, 0.29) is 11.8 Å². The number of hydrogen-bond donors (Lipinski definition) is 0. The summed E-state index contributed by atoms with van der Waals surface area (Å²) in [5.74, 6) is 1.39. The summed E-state index contributed by atoms with van der Waals surface area (Å²) < 4.78 is 0.737. The number of carbonyl (C=O) groups excluding carboxylic acids is 1. The van der Waals surface area contributed by atoms with Crippen LogP contribution >= 0.6 is 39.1 Å². The third kappa shape index (κ3) is 2.34. The molecule has 1 amide bonds. The quantitative estimate of drug-likeness (QED) is 0.784. The van der Waals surface area contributed by atoms with Crippen LogP contribution in [0.1, 0.15) is 6.42 Å². The first kappa shape index (κ1) is 12.1. The van der Waals surface area contributed by atoms with Crippen molar-refractivity contribution in [3.8, 4) is 0 Å². The number of aromatic nitrogens is 1. The molecule has 86 valence electrons. The lowest BCUT2D eigenvalue weighted by molar-refractivity contribution is -0.117. The molecule has 16 heavy (non-hydrogen) atoms. The van der Waals surface area contributed by atoms with Crippen LogP contribution in [0.4, 0.5) is 5.82 Å². The van der Waals surface area contributed by atoms with Gasteiger partial charge >= 0.3 is 0 Å². The van der Waals surface area contributed by atoms with E-state index in [0.717, 1.165) is 4.47 Å². The Morgan fingerprint density at radius 3 is 2.94 bits per heavy atom. The van der Waals surface area contributed by atoms with Gasteiger partial charge < -0.3 is 0 Å². The smallest absolute Gasteiger partial charge is 0.228 e. The number of hydrogen-bond acceptors (Lipinski definition) is 2. The van der Waals surface area contributed by atoms with Gasteiger partial charge in [-0.25, -0.2) is 4.98 Å². The standard InChI is InChI=1S/C10H9BrCl2N2O/c11-7-2-9(14-4-8(7)13)15-5-6(3-12)1-10(15)16/h2,4,6H,1,3,5H2. The number of halogens is 3. The highest BCUT2D eigenvalue weighted by molar-refractivity contribution is 9.10. The Morgan fingerprint density at radius 1 is 1.62 bits per heavy atom. The van der Waals surface area contributed by atoms with E-state index in [0.29, 0.717) is 29.7 Å². The average Bonchev–Trinajstić information content (AvgIpc) is 2.64. The molecule has 3 nitrogen and oxygen atoms in total. The molecule has 1 atom stereocenters. The molecule has 1 aromatic rings. The summed E-state index contributed by atoms with van der Waals surface area (Å²) in [5.41, 5.74) is 0. The van der Waals surface area contributed by atoms with E-state index in [2.05, 4.69) is 20.9 Å². The van der Waals surface area contributed by atoms with Crippen LogP contribution in [0, 0.1) is 5.92 Å². The molecule has 6 heteroatoms. The number of carbonyl (C=O) groups is 1. The van der Waals surface area contributed by atoms with E-state index in [1.165, 1.54) is 6.20 Å². The van der Waals surface area contributed by atoms with Gasteiger partial charge in [0.1, 0.15) is 5.82 Å². The monoisotopic (exact) mass is 322 g/mol. The van der Waals surface area contributed by atoms with Gasteiger partial charge in [0.15, 0.2) is 0 Å². The Kier molecular flexibility index (Phi) is 3.72. The molecule has 0 aromatic carbocycles. The zero-order valence-electron chi connectivity index (χ0n) is 8.29. The Morgan fingerprint density at radius 2 is 2.38 bits per heavy atom. The van der Waals surface area contributed by atoms with Crippen LogP contribution in [-0.4, -0.2) is 23.3 Å². The number of pyridine rings is 1. The minimum atomic E-state index is 0.0624. The highest BCUT2D eigenvalue weighted by Gasteiger charge is 2.30. The molecule has 1 saturated heterocycles. The van der Waals surface area contributed by atoms with Gasteiger partial charge in [0.05, 0.1) is 5.02 Å². The van der Waals surface area contributed by atoms with Crippen molar-refractivity contribution in [1.29, 1.82) is 0 Å². The fraction of sp³-hybridized carbons (Fsp3) is 0.400. The van der Waals surface area contributed by atoms with Crippen molar-refractivity contribution in [3.63, 3.8) is 0 Å². The lowest BCUT2D eigenvalue weighted by Gasteiger charge is -2.15. The van der Waals surface area contributed by atoms with Gasteiger partial charge in [0.25, 0.3) is 0 Å². The summed E-state index contributed by atoms with van der Waals surface area (Å²) in [5, 5.41) is 0.532. The fourth-order valence-electron chi connectivity index (χ4n) is 1.66. The van der Waals surface area contributed by atoms with Gasteiger partial charge in [-0.2, -0.15) is 0 Å². The van der Waals surface area contributed by atoms with Crippen LogP contribution in [-0.2, 0) is 4.79 Å². The summed E-state index contributed by atoms with van der Waals surface area (Å²) in [6.45, 7) is 0.628. The maximum absolute atomic E-state index is 11.7. The Labute approximate surface area is 112 Å². The fourth-order valence-corrected chi connectivity index (χ4v) is 2.28. The molecule has 0 aliphatic carbocycles. The highest BCUT2D eigenvalue weighted by Crippen LogP contribution is 2.29. The second-order valence-electron chi connectivity index (χ2n) is 3.69. The van der Waals surface area contributed by atoms with Crippen LogP contribution in [0.3, 0.4) is 0 Å². The van der Waals surface area contributed by atoms with E-state index >= 15 is 0 Å². The molecule has 1 aliphatic heterocycles. The zero-order valence-corrected chi connectivity index (χ0v) is 11.4. The number of nitrogens with zero attached hydrogens (tertiary/aromatic N) is 2. The van der Waals surface area contributed by atoms with Crippen molar-refractivity contribution in [2.45, 2.75) is 6.42 Å². The van der Waals surface area contributed by atoms with Gasteiger partial charge in [-0.1, -0.05) is 11.6 Å². The third-order valence-corrected chi connectivity index (χ3v) is 4.12. The van der Waals surface area contributed by atoms with Crippen LogP contribution in [0.25, 0.3) is 0 Å². The maximum Gasteiger partial charge on any atom is 0.228 e. The van der Waals surface area contributed by atoms with Crippen LogP contribution in [0.2, 0.25) is 5.02 Å². The molecule has 0 saturated carbocycles. The van der Waals surface area contributed by atoms with Crippen molar-refractivity contribution >= 4 is 50.9 Å². The highest BCUT2D eigenvalue weighted by atomic mass is 79.9. The molecule has 2 heterocycles. The maximum atomic E-state index is 11.7. The van der Waals surface area contributed by atoms with Crippen molar-refractivity contribution in [2.24, 2.45) is 5.92 Å². The van der Waals surface area contributed by atoms with Crippen molar-refractivity contribution < 1.29 is 4.79 Å². The van der Waals surface area contributed by atoms with Gasteiger partial charge in [-0.05, 0) is 27.9 Å². The first-order chi connectivity index (χ1) is 7.61. The molecular formula is C10H9BrCl2N2O. The number of anilines is 1. The Bertz CT molecular complexity index is 427. The average molecular weight is 324 g/mol. The molecule has 1 aliphatic rings. The molecule has 2 rings (SSSR count). The largest absolute Gasteiger partial charge is 0.296 e. The van der Waals surface area contributed by atoms with Crippen LogP contribution in [0.5, 0.6) is 0 Å². The minimum Gasteiger partial charge on any atom is -0.296 e. The molecule has 1 unspecified atom stereocenters. The summed E-state index contributed by atoms with van der Waals surface area (Å²) in [6.07, 6.45) is 2.02. The third-order valence-electron chi connectivity index (χ3n) is 2.49. The number of alkyl halides is 1. The summed E-state index contributed by atoms with van der Waals surface area (Å²) in [7, 11) is 0. The topological polar surface area (TPSA) is 33.2 Å². The predicted molar refractivity (Wildman–Crippen MR) is 68.1 cm³/mol. The number of rotatable bonds is 2. The van der Waals surface area contributed by atoms with Gasteiger partial charge in [0, 0.05) is 29.5 Å². The summed E-state index contributed by atoms with van der Waals surface area (Å²) >= 11 is 14.9. The van der Waals surface area contributed by atoms with Crippen molar-refractivity contribution in [3.05, 3.63) is 21.8 Å². The molecular weight excluding hydrogens is 315 g/mol. The van der Waals surface area contributed by atoms with Crippen LogP contribution in [0.15, 0.2) is 16.7 Å². The van der Waals surface area contributed by atoms with Crippen molar-refractivity contribution in [2.75, 3.05) is 17.3 Å². The van der Waals surface area contributed by atoms with E-state index in [9.17, 15) is 4.79 Å². The second-order valence-corrected chi connectivity index (χ2v) is 5.26. The lowest BCUT2D eigenvalue weighted by Crippen LogP contribution is -2.25. The molecule has 0 bridgehead atoms. The SMILES string of the molecule is O=C1CC(CCl)CN1c1cc(Br)c(Cl)cn1. The predicted octanol–water partition coefficient (Wildman–Crippen LogP) is 3.09. The van der Waals surface area contributed by atoms with E-state index in [4.69, 9.17) is 23.2 Å². The molecule has 0 N–H and O–H groups in total. The van der Waals surface area contributed by atoms with Gasteiger partial charge in [-0.3, -0.25) is 9.69 Å². The lowest BCUT2D eigenvalue weighted by atomic mass is 10.1. The minimum absolute atomic E-state index is 0.0624. The zero-order chi connectivity index (χ0) is 11.7. The summed E-state index contributed by atoms with van der Waals surface area (Å²) in [4.78, 5) is 17.5. The van der Waals surface area contributed by atoms with Gasteiger partial charge in [0.2, 0.25) is 5.91 Å². The Balaban J connectivity index is 2.24. The van der Waals surface area contributed by atoms with Crippen LogP contribution < -0.4 is 4.90 Å². The molecule has 1 fully saturated rings. The van der Waals surface area contributed by atoms with Gasteiger partial charge in [-0.15, -0.1) is 11.6 Å². The molecule has 1 aromatic heterocycles. The Hall–Kier alpha value is -0.320. The van der Waals surface area contributed by atoms with E-state index in [1.54, 1.807) is 11.0 Å². The summed E-state index contributed by atoms with van der Waals surface area (Å²) in [6, 6.07) is 1.75. The number of amides is 1. The normalized spacial score (nSPS) is 20.6.